The number of nitrogens with zero attached hydrogens (tertiary/aromatic N) is 6. The topological polar surface area (TPSA) is 121 Å². The van der Waals surface area contributed by atoms with Crippen LogP contribution in [0.1, 0.15) is 24.8 Å². The van der Waals surface area contributed by atoms with Crippen LogP contribution in [0.3, 0.4) is 0 Å². The van der Waals surface area contributed by atoms with E-state index in [1.54, 1.807) is 10.9 Å². The Morgan fingerprint density at radius 1 is 1.22 bits per heavy atom. The molecule has 1 saturated heterocycles. The minimum absolute atomic E-state index is 0.0607. The average molecular weight is 528 g/mol. The van der Waals surface area contributed by atoms with Gasteiger partial charge in [-0.05, 0) is 25.3 Å². The second kappa shape index (κ2) is 9.29. The van der Waals surface area contributed by atoms with Crippen molar-refractivity contribution in [1.82, 2.24) is 24.5 Å². The molecule has 3 N–H and O–H groups in total. The van der Waals surface area contributed by atoms with Gasteiger partial charge in [0.2, 0.25) is 0 Å². The summed E-state index contributed by atoms with van der Waals surface area (Å²) in [5, 5.41) is 24.3. The number of hydrogen-bond donors (Lipinski definition) is 3. The predicted molar refractivity (Wildman–Crippen MR) is 125 cm³/mol. The summed E-state index contributed by atoms with van der Waals surface area (Å²) in [7, 11) is 1.53. The quantitative estimate of drug-likeness (QED) is 0.444. The lowest BCUT2D eigenvalue weighted by Gasteiger charge is -2.34. The van der Waals surface area contributed by atoms with E-state index >= 15 is 0 Å². The van der Waals surface area contributed by atoms with E-state index in [1.165, 1.54) is 13.4 Å². The standard InChI is InChI=1S/C22H25ClF3N7O3/c1-36-9-21(4-2-15(34)17(21)35)33-11-30-16-18(28-10-29-20(16)33)31-13-3-5-32(8-13)19-14(23)6-12(7-27-19)22(24,25)26/h6-7,10-11,13,15,17,34-35H,2-5,8-9H2,1H3,(H,28,29,31)/t13-,15+,17+,21+/m0/s1. The molecule has 2 fully saturated rings. The molecule has 14 heteroatoms. The van der Waals surface area contributed by atoms with E-state index in [1.807, 2.05) is 4.90 Å². The number of imidazole rings is 1. The van der Waals surface area contributed by atoms with E-state index in [0.717, 1.165) is 12.3 Å². The number of aliphatic hydroxyl groups excluding tert-OH is 2. The van der Waals surface area contributed by atoms with E-state index in [4.69, 9.17) is 16.3 Å². The van der Waals surface area contributed by atoms with Crippen molar-refractivity contribution in [2.75, 3.05) is 37.0 Å². The van der Waals surface area contributed by atoms with Crippen LogP contribution in [0.2, 0.25) is 5.02 Å². The fourth-order valence-electron chi connectivity index (χ4n) is 5.15. The predicted octanol–water partition coefficient (Wildman–Crippen LogP) is 2.44. The number of pyridine rings is 1. The Kier molecular flexibility index (Phi) is 6.43. The number of hydrogen-bond acceptors (Lipinski definition) is 9. The Morgan fingerprint density at radius 2 is 2.03 bits per heavy atom. The van der Waals surface area contributed by atoms with Crippen LogP contribution in [-0.2, 0) is 16.5 Å². The number of aromatic nitrogens is 5. The number of ether oxygens (including phenoxy) is 1. The van der Waals surface area contributed by atoms with Crippen molar-refractivity contribution in [2.24, 2.45) is 0 Å². The van der Waals surface area contributed by atoms with Gasteiger partial charge in [-0.2, -0.15) is 13.2 Å². The smallest absolute Gasteiger partial charge is 0.390 e. The van der Waals surface area contributed by atoms with Crippen molar-refractivity contribution in [2.45, 2.75) is 49.2 Å². The SMILES string of the molecule is COC[C@]1(n2cnc3c(N[C@H]4CCN(c5ncc(C(F)(F)F)cc5Cl)C4)ncnc32)CC[C@@H](O)[C@H]1O. The Morgan fingerprint density at radius 3 is 2.69 bits per heavy atom. The number of alkyl halides is 3. The molecule has 5 rings (SSSR count). The lowest BCUT2D eigenvalue weighted by molar-refractivity contribution is -0.137. The Labute approximate surface area is 209 Å². The molecule has 3 aromatic heterocycles. The molecule has 0 unspecified atom stereocenters. The van der Waals surface area contributed by atoms with Gasteiger partial charge in [-0.3, -0.25) is 0 Å². The third-order valence-electron chi connectivity index (χ3n) is 6.97. The van der Waals surface area contributed by atoms with Crippen molar-refractivity contribution in [3.8, 4) is 0 Å². The van der Waals surface area contributed by atoms with Gasteiger partial charge < -0.3 is 29.7 Å². The zero-order valence-corrected chi connectivity index (χ0v) is 20.0. The van der Waals surface area contributed by atoms with Gasteiger partial charge in [-0.25, -0.2) is 19.9 Å². The number of fused-ring (bicyclic) bond motifs is 1. The molecule has 2 aliphatic rings. The molecule has 1 aliphatic heterocycles. The van der Waals surface area contributed by atoms with E-state index in [2.05, 4.69) is 25.3 Å². The number of methoxy groups -OCH3 is 1. The molecular formula is C22H25ClF3N7O3. The molecule has 0 amide bonds. The third-order valence-corrected chi connectivity index (χ3v) is 7.25. The summed E-state index contributed by atoms with van der Waals surface area (Å²) >= 11 is 6.12. The normalized spacial score (nSPS) is 26.8. The summed E-state index contributed by atoms with van der Waals surface area (Å²) in [5.74, 6) is 0.777. The van der Waals surface area contributed by atoms with Gasteiger partial charge in [0, 0.05) is 32.4 Å². The molecule has 194 valence electrons. The van der Waals surface area contributed by atoms with Crippen LogP contribution in [0.15, 0.2) is 24.9 Å². The molecule has 1 aliphatic carbocycles. The fourth-order valence-corrected chi connectivity index (χ4v) is 5.44. The van der Waals surface area contributed by atoms with Crippen LogP contribution in [-0.4, -0.2) is 79.8 Å². The van der Waals surface area contributed by atoms with Gasteiger partial charge >= 0.3 is 6.18 Å². The van der Waals surface area contributed by atoms with E-state index < -0.39 is 29.5 Å². The molecule has 0 spiro atoms. The molecule has 3 aromatic rings. The molecule has 0 radical (unpaired) electrons. The fraction of sp³-hybridized carbons (Fsp3) is 0.545. The lowest BCUT2D eigenvalue weighted by atomic mass is 9.95. The molecule has 36 heavy (non-hydrogen) atoms. The molecule has 0 aromatic carbocycles. The zero-order valence-electron chi connectivity index (χ0n) is 19.3. The highest BCUT2D eigenvalue weighted by molar-refractivity contribution is 6.33. The van der Waals surface area contributed by atoms with Crippen LogP contribution >= 0.6 is 11.6 Å². The van der Waals surface area contributed by atoms with Gasteiger partial charge in [0.15, 0.2) is 11.5 Å². The zero-order chi connectivity index (χ0) is 25.7. The minimum atomic E-state index is -4.51. The maximum Gasteiger partial charge on any atom is 0.417 e. The summed E-state index contributed by atoms with van der Waals surface area (Å²) in [6.45, 7) is 1.16. The first-order chi connectivity index (χ1) is 17.1. The van der Waals surface area contributed by atoms with Crippen LogP contribution in [0.25, 0.3) is 11.2 Å². The second-order valence-electron chi connectivity index (χ2n) is 9.20. The van der Waals surface area contributed by atoms with Crippen LogP contribution < -0.4 is 10.2 Å². The number of anilines is 2. The summed E-state index contributed by atoms with van der Waals surface area (Å²) in [6.07, 6.45) is -1.13. The lowest BCUT2D eigenvalue weighted by Crippen LogP contribution is -2.47. The molecular weight excluding hydrogens is 503 g/mol. The maximum atomic E-state index is 12.9. The van der Waals surface area contributed by atoms with Gasteiger partial charge in [0.1, 0.15) is 23.8 Å². The van der Waals surface area contributed by atoms with Gasteiger partial charge in [-0.15, -0.1) is 0 Å². The van der Waals surface area contributed by atoms with Crippen molar-refractivity contribution >= 4 is 34.4 Å². The minimum Gasteiger partial charge on any atom is -0.390 e. The number of rotatable bonds is 6. The Balaban J connectivity index is 1.37. The van der Waals surface area contributed by atoms with Crippen molar-refractivity contribution in [3.63, 3.8) is 0 Å². The van der Waals surface area contributed by atoms with E-state index in [0.29, 0.717) is 55.2 Å². The number of nitrogens with one attached hydrogen (secondary N) is 1. The third kappa shape index (κ3) is 4.23. The van der Waals surface area contributed by atoms with Crippen LogP contribution in [0.5, 0.6) is 0 Å². The largest absolute Gasteiger partial charge is 0.417 e. The molecule has 0 bridgehead atoms. The van der Waals surface area contributed by atoms with E-state index in [-0.39, 0.29) is 17.7 Å². The first-order valence-electron chi connectivity index (χ1n) is 11.4. The summed E-state index contributed by atoms with van der Waals surface area (Å²) in [6, 6.07) is 0.787. The Bertz CT molecular complexity index is 1260. The average Bonchev–Trinajstić information content (AvgIpc) is 3.54. The monoisotopic (exact) mass is 527 g/mol. The molecule has 4 atom stereocenters. The number of halogens is 4. The maximum absolute atomic E-state index is 12.9. The second-order valence-corrected chi connectivity index (χ2v) is 9.61. The van der Waals surface area contributed by atoms with Crippen LogP contribution in [0, 0.1) is 0 Å². The highest BCUT2D eigenvalue weighted by Gasteiger charge is 2.50. The van der Waals surface area contributed by atoms with E-state index in [9.17, 15) is 23.4 Å². The van der Waals surface area contributed by atoms with Crippen molar-refractivity contribution in [1.29, 1.82) is 0 Å². The van der Waals surface area contributed by atoms with Gasteiger partial charge in [0.25, 0.3) is 0 Å². The first kappa shape index (κ1) is 24.9. The van der Waals surface area contributed by atoms with Gasteiger partial charge in [0.05, 0.1) is 35.2 Å². The highest BCUT2D eigenvalue weighted by atomic mass is 35.5. The van der Waals surface area contributed by atoms with Crippen LogP contribution in [0.4, 0.5) is 24.8 Å². The summed E-state index contributed by atoms with van der Waals surface area (Å²) < 4.78 is 46.0. The highest BCUT2D eigenvalue weighted by Crippen LogP contribution is 2.40. The van der Waals surface area contributed by atoms with Crippen molar-refractivity contribution in [3.05, 3.63) is 35.5 Å². The molecule has 10 nitrogen and oxygen atoms in total. The van der Waals surface area contributed by atoms with Crippen molar-refractivity contribution < 1.29 is 28.1 Å². The summed E-state index contributed by atoms with van der Waals surface area (Å²) in [5.41, 5.74) is -0.829. The molecule has 4 heterocycles. The first-order valence-corrected chi connectivity index (χ1v) is 11.8. The molecule has 1 saturated carbocycles. The van der Waals surface area contributed by atoms with Gasteiger partial charge in [-0.1, -0.05) is 11.6 Å². The Hall–Kier alpha value is -2.74. The summed E-state index contributed by atoms with van der Waals surface area (Å²) in [4.78, 5) is 19.0. The number of aliphatic hydroxyl groups is 2.